The molecule has 1 saturated heterocycles. The number of aryl methyl sites for hydroxylation is 1. The zero-order chi connectivity index (χ0) is 30.4. The lowest BCUT2D eigenvalue weighted by Gasteiger charge is -2.25. The van der Waals surface area contributed by atoms with Crippen LogP contribution in [-0.4, -0.2) is 54.0 Å². The first-order valence-corrected chi connectivity index (χ1v) is 15.0. The number of pyridine rings is 2. The Kier molecular flexibility index (Phi) is 10.0. The molecule has 2 aromatic heterocycles. The Hall–Kier alpha value is -3.76. The van der Waals surface area contributed by atoms with Crippen LogP contribution in [0.2, 0.25) is 0 Å². The van der Waals surface area contributed by atoms with Crippen molar-refractivity contribution in [3.63, 3.8) is 0 Å². The average Bonchev–Trinajstić information content (AvgIpc) is 3.37. The number of hydrogen-bond donors (Lipinski definition) is 1. The van der Waals surface area contributed by atoms with Gasteiger partial charge in [0.15, 0.2) is 0 Å². The molecule has 1 aliphatic rings. The van der Waals surface area contributed by atoms with E-state index in [2.05, 4.69) is 58.9 Å². The SMILES string of the molecule is CCCN(CCC)c1cc(-c2cc(NC(=O)c3ccnc(C(C)(C)C)c3)c(F)cc2C)cnc1C#CC1CCN(C)C1. The van der Waals surface area contributed by atoms with Gasteiger partial charge in [0.2, 0.25) is 0 Å². The summed E-state index contributed by atoms with van der Waals surface area (Å²) in [5.41, 5.74) is 5.36. The second-order valence-corrected chi connectivity index (χ2v) is 12.4. The first kappa shape index (κ1) is 31.2. The molecule has 3 aromatic rings. The quantitative estimate of drug-likeness (QED) is 0.294. The van der Waals surface area contributed by atoms with Crippen molar-refractivity contribution in [2.24, 2.45) is 5.92 Å². The van der Waals surface area contributed by atoms with E-state index in [1.807, 2.05) is 33.9 Å². The number of carbonyl (C=O) groups excluding carboxylic acids is 1. The van der Waals surface area contributed by atoms with Crippen molar-refractivity contribution in [1.29, 1.82) is 0 Å². The lowest BCUT2D eigenvalue weighted by atomic mass is 9.91. The Labute approximate surface area is 250 Å². The van der Waals surface area contributed by atoms with Gasteiger partial charge in [0.25, 0.3) is 5.91 Å². The standard InChI is InChI=1S/C35H44FN5O/c1-8-15-41(16-9-2)32-19-27(22-38-30(32)11-10-25-13-17-40(7)23-25)28-21-31(29(36)18-24(28)3)39-34(42)26-12-14-37-33(20-26)35(4,5)6/h12,14,18-22,25H,8-9,13,15-17,23H2,1-7H3,(H,39,42). The van der Waals surface area contributed by atoms with Crippen LogP contribution in [0.4, 0.5) is 15.8 Å². The van der Waals surface area contributed by atoms with E-state index in [0.717, 1.165) is 79.2 Å². The van der Waals surface area contributed by atoms with Crippen molar-refractivity contribution in [3.8, 4) is 23.0 Å². The number of likely N-dealkylation sites (tertiary alicyclic amines) is 1. The zero-order valence-corrected chi connectivity index (χ0v) is 26.1. The summed E-state index contributed by atoms with van der Waals surface area (Å²) in [6.45, 7) is 16.2. The number of halogens is 1. The predicted octanol–water partition coefficient (Wildman–Crippen LogP) is 7.07. The zero-order valence-electron chi connectivity index (χ0n) is 26.1. The van der Waals surface area contributed by atoms with Crippen LogP contribution in [0.5, 0.6) is 0 Å². The highest BCUT2D eigenvalue weighted by atomic mass is 19.1. The van der Waals surface area contributed by atoms with E-state index in [0.29, 0.717) is 11.5 Å². The van der Waals surface area contributed by atoms with E-state index in [1.54, 1.807) is 24.4 Å². The third kappa shape index (κ3) is 7.54. The van der Waals surface area contributed by atoms with Crippen molar-refractivity contribution < 1.29 is 9.18 Å². The maximum atomic E-state index is 15.2. The number of rotatable bonds is 8. The molecular formula is C35H44FN5O. The summed E-state index contributed by atoms with van der Waals surface area (Å²) in [6, 6.07) is 8.70. The second kappa shape index (κ2) is 13.5. The van der Waals surface area contributed by atoms with Crippen LogP contribution in [0.15, 0.2) is 42.7 Å². The first-order chi connectivity index (χ1) is 20.0. The molecule has 0 radical (unpaired) electrons. The highest BCUT2D eigenvalue weighted by Gasteiger charge is 2.20. The average molecular weight is 570 g/mol. The molecule has 7 heteroatoms. The molecule has 0 saturated carbocycles. The maximum absolute atomic E-state index is 15.2. The molecule has 1 aliphatic heterocycles. The molecule has 1 fully saturated rings. The molecule has 4 rings (SSSR count). The number of carbonyl (C=O) groups is 1. The molecule has 0 bridgehead atoms. The van der Waals surface area contributed by atoms with Crippen molar-refractivity contribution >= 4 is 17.3 Å². The summed E-state index contributed by atoms with van der Waals surface area (Å²) < 4.78 is 15.2. The van der Waals surface area contributed by atoms with E-state index >= 15 is 4.39 Å². The minimum Gasteiger partial charge on any atom is -0.369 e. The van der Waals surface area contributed by atoms with Crippen LogP contribution < -0.4 is 10.2 Å². The van der Waals surface area contributed by atoms with Gasteiger partial charge in [-0.05, 0) is 87.2 Å². The maximum Gasteiger partial charge on any atom is 0.255 e. The Morgan fingerprint density at radius 2 is 1.88 bits per heavy atom. The molecule has 6 nitrogen and oxygen atoms in total. The Balaban J connectivity index is 1.71. The Morgan fingerprint density at radius 1 is 1.14 bits per heavy atom. The fourth-order valence-corrected chi connectivity index (χ4v) is 5.31. The Bertz CT molecular complexity index is 1480. The lowest BCUT2D eigenvalue weighted by Crippen LogP contribution is -2.26. The van der Waals surface area contributed by atoms with Crippen molar-refractivity contribution in [1.82, 2.24) is 14.9 Å². The Morgan fingerprint density at radius 3 is 2.52 bits per heavy atom. The minimum absolute atomic E-state index is 0.129. The van der Waals surface area contributed by atoms with Crippen molar-refractivity contribution in [3.05, 3.63) is 71.1 Å². The van der Waals surface area contributed by atoms with E-state index in [-0.39, 0.29) is 17.0 Å². The molecule has 1 amide bonds. The number of anilines is 2. The summed E-state index contributed by atoms with van der Waals surface area (Å²) in [5, 5.41) is 2.79. The third-order valence-corrected chi connectivity index (χ3v) is 7.65. The predicted molar refractivity (Wildman–Crippen MR) is 171 cm³/mol. The van der Waals surface area contributed by atoms with Gasteiger partial charge < -0.3 is 15.1 Å². The number of hydrogen-bond acceptors (Lipinski definition) is 5. The van der Waals surface area contributed by atoms with E-state index in [4.69, 9.17) is 4.98 Å². The van der Waals surface area contributed by atoms with Gasteiger partial charge in [0, 0.05) is 60.2 Å². The monoisotopic (exact) mass is 569 g/mol. The van der Waals surface area contributed by atoms with Crippen LogP contribution in [0.25, 0.3) is 11.1 Å². The highest BCUT2D eigenvalue weighted by Crippen LogP contribution is 2.33. The van der Waals surface area contributed by atoms with Crippen molar-refractivity contribution in [2.45, 2.75) is 66.2 Å². The van der Waals surface area contributed by atoms with Gasteiger partial charge in [0.1, 0.15) is 11.5 Å². The molecule has 0 aliphatic carbocycles. The van der Waals surface area contributed by atoms with Gasteiger partial charge in [-0.3, -0.25) is 9.78 Å². The number of aromatic nitrogens is 2. The number of nitrogens with one attached hydrogen (secondary N) is 1. The number of nitrogens with zero attached hydrogens (tertiary/aromatic N) is 4. The molecule has 1 atom stereocenters. The molecule has 1 aromatic carbocycles. The van der Waals surface area contributed by atoms with Crippen LogP contribution in [0, 0.1) is 30.5 Å². The summed E-state index contributed by atoms with van der Waals surface area (Å²) in [7, 11) is 2.13. The lowest BCUT2D eigenvalue weighted by molar-refractivity contribution is 0.102. The molecule has 1 N–H and O–H groups in total. The summed E-state index contributed by atoms with van der Waals surface area (Å²) in [6.07, 6.45) is 6.51. The van der Waals surface area contributed by atoms with E-state index in [9.17, 15) is 4.79 Å². The van der Waals surface area contributed by atoms with Gasteiger partial charge in [-0.25, -0.2) is 9.37 Å². The molecular weight excluding hydrogens is 525 g/mol. The first-order valence-electron chi connectivity index (χ1n) is 15.0. The number of benzene rings is 1. The molecule has 0 spiro atoms. The van der Waals surface area contributed by atoms with Crippen LogP contribution in [0.1, 0.15) is 81.2 Å². The second-order valence-electron chi connectivity index (χ2n) is 12.4. The number of amides is 1. The van der Waals surface area contributed by atoms with Gasteiger partial charge >= 0.3 is 0 Å². The molecule has 1 unspecified atom stereocenters. The minimum atomic E-state index is -0.481. The highest BCUT2D eigenvalue weighted by molar-refractivity contribution is 6.04. The topological polar surface area (TPSA) is 61.4 Å². The van der Waals surface area contributed by atoms with E-state index < -0.39 is 5.82 Å². The molecule has 3 heterocycles. The van der Waals surface area contributed by atoms with Crippen molar-refractivity contribution in [2.75, 3.05) is 43.4 Å². The van der Waals surface area contributed by atoms with E-state index in [1.165, 1.54) is 6.07 Å². The van der Waals surface area contributed by atoms with Gasteiger partial charge in [-0.2, -0.15) is 0 Å². The van der Waals surface area contributed by atoms with Gasteiger partial charge in [-0.1, -0.05) is 40.5 Å². The fourth-order valence-electron chi connectivity index (χ4n) is 5.31. The van der Waals surface area contributed by atoms with Crippen LogP contribution in [-0.2, 0) is 5.41 Å². The third-order valence-electron chi connectivity index (χ3n) is 7.65. The largest absolute Gasteiger partial charge is 0.369 e. The fraction of sp³-hybridized carbons (Fsp3) is 0.457. The van der Waals surface area contributed by atoms with Crippen LogP contribution >= 0.6 is 0 Å². The smallest absolute Gasteiger partial charge is 0.255 e. The van der Waals surface area contributed by atoms with Gasteiger partial charge in [0.05, 0.1) is 11.4 Å². The molecule has 222 valence electrons. The van der Waals surface area contributed by atoms with Gasteiger partial charge in [-0.15, -0.1) is 0 Å². The summed E-state index contributed by atoms with van der Waals surface area (Å²) >= 11 is 0. The van der Waals surface area contributed by atoms with Crippen LogP contribution in [0.3, 0.4) is 0 Å². The molecule has 42 heavy (non-hydrogen) atoms. The summed E-state index contributed by atoms with van der Waals surface area (Å²) in [5.74, 6) is 6.35. The normalized spacial score (nSPS) is 15.3. The summed E-state index contributed by atoms with van der Waals surface area (Å²) in [4.78, 5) is 27.1.